The molecule has 15 heavy (non-hydrogen) atoms. The van der Waals surface area contributed by atoms with E-state index in [2.05, 4.69) is 15.5 Å². The van der Waals surface area contributed by atoms with Crippen LogP contribution in [0.1, 0.15) is 5.69 Å². The van der Waals surface area contributed by atoms with Gasteiger partial charge in [0.25, 0.3) is 0 Å². The quantitative estimate of drug-likeness (QED) is 0.857. The summed E-state index contributed by atoms with van der Waals surface area (Å²) >= 11 is 0. The van der Waals surface area contributed by atoms with Gasteiger partial charge in [-0.15, -0.1) is 12.4 Å². The first-order valence-corrected chi connectivity index (χ1v) is 4.46. The molecule has 0 fully saturated rings. The molecule has 2 aromatic rings. The maximum Gasteiger partial charge on any atom is 0.148 e. The molecule has 6 heteroatoms. The van der Waals surface area contributed by atoms with Gasteiger partial charge >= 0.3 is 0 Å². The monoisotopic (exact) mass is 227 g/mol. The molecule has 5 nitrogen and oxygen atoms in total. The predicted octanol–water partition coefficient (Wildman–Crippen LogP) is 1.19. The standard InChI is InChI=1S/C9H13N5.ClH/c1-13-6-4-9(12-13)10-7-8-3-5-11-14(8)2;/h3-6H,7H2,1-2H3,(H,10,12);1H. The van der Waals surface area contributed by atoms with Crippen LogP contribution in [0.2, 0.25) is 0 Å². The zero-order valence-electron chi connectivity index (χ0n) is 8.71. The van der Waals surface area contributed by atoms with Crippen LogP contribution in [0.5, 0.6) is 0 Å². The first kappa shape index (κ1) is 11.6. The van der Waals surface area contributed by atoms with Crippen LogP contribution in [0.25, 0.3) is 0 Å². The van der Waals surface area contributed by atoms with E-state index in [0.717, 1.165) is 18.1 Å². The number of aromatic nitrogens is 4. The molecule has 0 saturated carbocycles. The lowest BCUT2D eigenvalue weighted by molar-refractivity contribution is 0.717. The van der Waals surface area contributed by atoms with Gasteiger partial charge in [-0.3, -0.25) is 9.36 Å². The molecule has 0 aliphatic carbocycles. The van der Waals surface area contributed by atoms with Crippen molar-refractivity contribution in [2.45, 2.75) is 6.54 Å². The second-order valence-corrected chi connectivity index (χ2v) is 3.17. The third-order valence-corrected chi connectivity index (χ3v) is 2.09. The van der Waals surface area contributed by atoms with Gasteiger partial charge in [0.15, 0.2) is 0 Å². The molecule has 2 rings (SSSR count). The van der Waals surface area contributed by atoms with Crippen molar-refractivity contribution in [2.24, 2.45) is 14.1 Å². The van der Waals surface area contributed by atoms with E-state index >= 15 is 0 Å². The van der Waals surface area contributed by atoms with Crippen LogP contribution >= 0.6 is 12.4 Å². The Morgan fingerprint density at radius 3 is 2.67 bits per heavy atom. The molecule has 2 aromatic heterocycles. The smallest absolute Gasteiger partial charge is 0.148 e. The Morgan fingerprint density at radius 1 is 1.33 bits per heavy atom. The van der Waals surface area contributed by atoms with E-state index in [1.54, 1.807) is 10.9 Å². The van der Waals surface area contributed by atoms with Crippen molar-refractivity contribution in [3.63, 3.8) is 0 Å². The number of halogens is 1. The topological polar surface area (TPSA) is 47.7 Å². The summed E-state index contributed by atoms with van der Waals surface area (Å²) in [5.74, 6) is 0.883. The highest BCUT2D eigenvalue weighted by atomic mass is 35.5. The van der Waals surface area contributed by atoms with Crippen LogP contribution in [0.15, 0.2) is 24.5 Å². The molecule has 0 spiro atoms. The minimum Gasteiger partial charge on any atom is -0.363 e. The van der Waals surface area contributed by atoms with Gasteiger partial charge in [-0.2, -0.15) is 10.2 Å². The normalized spacial score (nSPS) is 9.73. The molecule has 0 aliphatic heterocycles. The Morgan fingerprint density at radius 2 is 2.13 bits per heavy atom. The number of rotatable bonds is 3. The minimum atomic E-state index is 0. The molecule has 0 bridgehead atoms. The van der Waals surface area contributed by atoms with E-state index in [1.807, 2.05) is 37.1 Å². The Balaban J connectivity index is 0.00000112. The highest BCUT2D eigenvalue weighted by molar-refractivity contribution is 5.85. The summed E-state index contributed by atoms with van der Waals surface area (Å²) in [7, 11) is 3.82. The number of hydrogen-bond donors (Lipinski definition) is 1. The molecule has 1 N–H and O–H groups in total. The van der Waals surface area contributed by atoms with Gasteiger partial charge in [0.2, 0.25) is 0 Å². The Bertz CT molecular complexity index is 420. The second-order valence-electron chi connectivity index (χ2n) is 3.17. The molecule has 0 aromatic carbocycles. The average molecular weight is 228 g/mol. The van der Waals surface area contributed by atoms with Crippen LogP contribution < -0.4 is 5.32 Å². The third-order valence-electron chi connectivity index (χ3n) is 2.09. The molecule has 0 aliphatic rings. The second kappa shape index (κ2) is 4.84. The largest absolute Gasteiger partial charge is 0.363 e. The van der Waals surface area contributed by atoms with Gasteiger partial charge in [-0.1, -0.05) is 0 Å². The molecule has 0 saturated heterocycles. The first-order valence-electron chi connectivity index (χ1n) is 4.46. The van der Waals surface area contributed by atoms with Crippen LogP contribution in [-0.2, 0) is 20.6 Å². The highest BCUT2D eigenvalue weighted by Crippen LogP contribution is 2.04. The zero-order chi connectivity index (χ0) is 9.97. The molecule has 0 unspecified atom stereocenters. The molecule has 82 valence electrons. The summed E-state index contributed by atoms with van der Waals surface area (Å²) in [6, 6.07) is 3.92. The van der Waals surface area contributed by atoms with Crippen molar-refractivity contribution in [1.82, 2.24) is 19.6 Å². The summed E-state index contributed by atoms with van der Waals surface area (Å²) in [4.78, 5) is 0. The van der Waals surface area contributed by atoms with E-state index in [4.69, 9.17) is 0 Å². The summed E-state index contributed by atoms with van der Waals surface area (Å²) < 4.78 is 3.61. The first-order chi connectivity index (χ1) is 6.75. The van der Waals surface area contributed by atoms with Gasteiger partial charge in [0.1, 0.15) is 5.82 Å². The molecule has 0 amide bonds. The van der Waals surface area contributed by atoms with Crippen LogP contribution in [0.3, 0.4) is 0 Å². The molecule has 0 radical (unpaired) electrons. The van der Waals surface area contributed by atoms with Crippen molar-refractivity contribution in [3.8, 4) is 0 Å². The number of nitrogens with one attached hydrogen (secondary N) is 1. The van der Waals surface area contributed by atoms with Crippen molar-refractivity contribution in [3.05, 3.63) is 30.2 Å². The third kappa shape index (κ3) is 2.73. The fourth-order valence-corrected chi connectivity index (χ4v) is 1.27. The highest BCUT2D eigenvalue weighted by Gasteiger charge is 1.99. The molecular formula is C9H14ClN5. The van der Waals surface area contributed by atoms with E-state index in [-0.39, 0.29) is 12.4 Å². The fourth-order valence-electron chi connectivity index (χ4n) is 1.27. The van der Waals surface area contributed by atoms with Crippen LogP contribution in [0.4, 0.5) is 5.82 Å². The van der Waals surface area contributed by atoms with E-state index in [0.29, 0.717) is 0 Å². The van der Waals surface area contributed by atoms with Gasteiger partial charge in [-0.25, -0.2) is 0 Å². The maximum absolute atomic E-state index is 4.22. The van der Waals surface area contributed by atoms with Gasteiger partial charge < -0.3 is 5.32 Å². The van der Waals surface area contributed by atoms with Crippen LogP contribution in [-0.4, -0.2) is 19.6 Å². The number of hydrogen-bond acceptors (Lipinski definition) is 3. The predicted molar refractivity (Wildman–Crippen MR) is 61.0 cm³/mol. The summed E-state index contributed by atoms with van der Waals surface area (Å²) in [5.41, 5.74) is 1.13. The van der Waals surface area contributed by atoms with Gasteiger partial charge in [-0.05, 0) is 6.07 Å². The number of aryl methyl sites for hydroxylation is 2. The van der Waals surface area contributed by atoms with Gasteiger partial charge in [0.05, 0.1) is 12.2 Å². The fraction of sp³-hybridized carbons (Fsp3) is 0.333. The van der Waals surface area contributed by atoms with Crippen molar-refractivity contribution in [2.75, 3.05) is 5.32 Å². The van der Waals surface area contributed by atoms with Crippen LogP contribution in [0, 0.1) is 0 Å². The molecular weight excluding hydrogens is 214 g/mol. The molecule has 0 atom stereocenters. The summed E-state index contributed by atoms with van der Waals surface area (Å²) in [5, 5.41) is 11.5. The molecule has 2 heterocycles. The van der Waals surface area contributed by atoms with E-state index in [9.17, 15) is 0 Å². The summed E-state index contributed by atoms with van der Waals surface area (Å²) in [6.07, 6.45) is 3.70. The lowest BCUT2D eigenvalue weighted by Gasteiger charge is -2.02. The lowest BCUT2D eigenvalue weighted by atomic mass is 10.4. The summed E-state index contributed by atoms with van der Waals surface area (Å²) in [6.45, 7) is 0.744. The maximum atomic E-state index is 4.22. The Hall–Kier alpha value is -1.49. The lowest BCUT2D eigenvalue weighted by Crippen LogP contribution is -2.05. The number of nitrogens with zero attached hydrogens (tertiary/aromatic N) is 4. The van der Waals surface area contributed by atoms with Crippen molar-refractivity contribution >= 4 is 18.2 Å². The van der Waals surface area contributed by atoms with E-state index in [1.165, 1.54) is 0 Å². The van der Waals surface area contributed by atoms with Crippen molar-refractivity contribution < 1.29 is 0 Å². The average Bonchev–Trinajstić information content (AvgIpc) is 2.72. The SMILES string of the molecule is Cl.Cn1ccc(NCc2ccnn2C)n1. The minimum absolute atomic E-state index is 0. The van der Waals surface area contributed by atoms with Gasteiger partial charge in [0, 0.05) is 32.6 Å². The van der Waals surface area contributed by atoms with Crippen molar-refractivity contribution in [1.29, 1.82) is 0 Å². The Kier molecular flexibility index (Phi) is 3.74. The Labute approximate surface area is 94.5 Å². The number of anilines is 1. The van der Waals surface area contributed by atoms with E-state index < -0.39 is 0 Å². The zero-order valence-corrected chi connectivity index (χ0v) is 9.53.